The van der Waals surface area contributed by atoms with Crippen LogP contribution >= 0.6 is 23.2 Å². The van der Waals surface area contributed by atoms with Crippen LogP contribution in [0.25, 0.3) is 11.1 Å². The molecule has 0 fully saturated rings. The fourth-order valence-electron chi connectivity index (χ4n) is 14.9. The lowest BCUT2D eigenvalue weighted by atomic mass is 9.79. The lowest BCUT2D eigenvalue weighted by Crippen LogP contribution is -2.47. The van der Waals surface area contributed by atoms with Gasteiger partial charge >= 0.3 is 11.9 Å². The van der Waals surface area contributed by atoms with Crippen molar-refractivity contribution >= 4 is 51.8 Å². The molecule has 6 rings (SSSR count). The zero-order chi connectivity index (χ0) is 64.4. The maximum absolute atomic E-state index is 14.6. The molecule has 0 spiro atoms. The van der Waals surface area contributed by atoms with Crippen LogP contribution in [0.1, 0.15) is 245 Å². The van der Waals surface area contributed by atoms with Crippen molar-refractivity contribution in [3.05, 3.63) is 153 Å². The van der Waals surface area contributed by atoms with E-state index in [1.807, 2.05) is 66.7 Å². The van der Waals surface area contributed by atoms with Crippen LogP contribution in [0.4, 0.5) is 0 Å². The summed E-state index contributed by atoms with van der Waals surface area (Å²) in [6.45, 7) is 31.4. The van der Waals surface area contributed by atoms with Crippen LogP contribution in [0.5, 0.6) is 11.5 Å². The van der Waals surface area contributed by atoms with Crippen LogP contribution in [0.2, 0.25) is 43.3 Å². The summed E-state index contributed by atoms with van der Waals surface area (Å²) in [6.07, 6.45) is 20.5. The van der Waals surface area contributed by atoms with Gasteiger partial charge in [-0.15, -0.1) is 0 Å². The Balaban J connectivity index is 1.10. The average molecular weight is 1290 g/mol. The van der Waals surface area contributed by atoms with Crippen LogP contribution in [-0.2, 0) is 33.5 Å². The van der Waals surface area contributed by atoms with E-state index in [1.165, 1.54) is 64.2 Å². The SMILES string of the molecule is CC(C)[Si](OCCCCCCCCCCCOc1cc(OCCCCCCCCCCCO[Si](C(C)C)(C(C)C)C(C)C)cc(C(OC(=O)CCC(=O)OCC2c3ccccc3-c3ccccc32)(c2ccc(Cl)cc2)c2ccc(Cl)cc2)c1)(C(C)C)C(C)C. The van der Waals surface area contributed by atoms with Crippen molar-refractivity contribution in [3.63, 3.8) is 0 Å². The van der Waals surface area contributed by atoms with Crippen molar-refractivity contribution in [2.24, 2.45) is 0 Å². The second-order valence-electron chi connectivity index (χ2n) is 27.2. The van der Waals surface area contributed by atoms with Crippen molar-refractivity contribution in [2.75, 3.05) is 33.0 Å². The van der Waals surface area contributed by atoms with E-state index in [0.717, 1.165) is 86.8 Å². The number of carbonyl (C=O) groups excluding carboxylic acids is 2. The standard InChI is InChI=1S/C77H112Cl2O8Si2/c1-57(2)88(58(3)4,59(5)6)85-51-33-25-21-17-13-15-19-23-31-49-82-68-53-65(54-69(55-68)83-50-32-24-20-16-14-18-22-26-34-52-86-89(60(7)8,61(9)10)62(11)12)77(63-39-43-66(78)44-40-63,64-41-45-67(79)46-42-64)87-76(81)48-47-75(80)84-56-74-72-37-29-27-35-70(72)71-36-28-30-38-73(71)74/h27-30,35-46,53-55,57-62,74H,13-26,31-34,47-52,56H2,1-12H3. The molecule has 1 aliphatic carbocycles. The molecule has 0 radical (unpaired) electrons. The Labute approximate surface area is 550 Å². The summed E-state index contributed by atoms with van der Waals surface area (Å²) in [5.41, 5.74) is 8.67. The maximum Gasteiger partial charge on any atom is 0.307 e. The van der Waals surface area contributed by atoms with Gasteiger partial charge in [0.05, 0.1) is 26.1 Å². The number of rotatable bonds is 43. The summed E-state index contributed by atoms with van der Waals surface area (Å²) in [6, 6.07) is 37.1. The number of esters is 2. The first-order valence-electron chi connectivity index (χ1n) is 34.5. The van der Waals surface area contributed by atoms with Crippen LogP contribution in [-0.4, -0.2) is 61.6 Å². The molecule has 490 valence electrons. The predicted molar refractivity (Wildman–Crippen MR) is 377 cm³/mol. The molecular weight excluding hydrogens is 1180 g/mol. The zero-order valence-corrected chi connectivity index (χ0v) is 60.2. The second kappa shape index (κ2) is 37.3. The first-order valence-corrected chi connectivity index (χ1v) is 39.6. The van der Waals surface area contributed by atoms with Gasteiger partial charge in [-0.2, -0.15) is 0 Å². The first-order chi connectivity index (χ1) is 42.8. The van der Waals surface area contributed by atoms with Crippen LogP contribution in [0.15, 0.2) is 115 Å². The van der Waals surface area contributed by atoms with E-state index in [-0.39, 0.29) is 25.4 Å². The van der Waals surface area contributed by atoms with Gasteiger partial charge in [0.15, 0.2) is 22.2 Å². The topological polar surface area (TPSA) is 89.5 Å². The highest BCUT2D eigenvalue weighted by molar-refractivity contribution is 6.78. The van der Waals surface area contributed by atoms with E-state index in [9.17, 15) is 9.59 Å². The molecule has 5 aromatic rings. The first kappa shape index (κ1) is 73.6. The largest absolute Gasteiger partial charge is 0.493 e. The van der Waals surface area contributed by atoms with Gasteiger partial charge in [0.25, 0.3) is 0 Å². The minimum absolute atomic E-state index is 0.0993. The molecule has 0 bridgehead atoms. The van der Waals surface area contributed by atoms with Crippen LogP contribution in [0.3, 0.4) is 0 Å². The maximum atomic E-state index is 14.6. The molecule has 8 nitrogen and oxygen atoms in total. The van der Waals surface area contributed by atoms with Crippen molar-refractivity contribution in [1.82, 2.24) is 0 Å². The minimum Gasteiger partial charge on any atom is -0.493 e. The molecule has 0 aliphatic heterocycles. The van der Waals surface area contributed by atoms with Gasteiger partial charge in [-0.05, 0) is 118 Å². The summed E-state index contributed by atoms with van der Waals surface area (Å²) in [4.78, 5) is 28.2. The van der Waals surface area contributed by atoms with Gasteiger partial charge in [-0.1, -0.05) is 269 Å². The highest BCUT2D eigenvalue weighted by Crippen LogP contribution is 2.48. The summed E-state index contributed by atoms with van der Waals surface area (Å²) >= 11 is 13.2. The fourth-order valence-corrected chi connectivity index (χ4v) is 26.1. The van der Waals surface area contributed by atoms with E-state index in [4.69, 9.17) is 51.0 Å². The predicted octanol–water partition coefficient (Wildman–Crippen LogP) is 23.1. The normalized spacial score (nSPS) is 12.9. The number of halogens is 2. The quantitative estimate of drug-likeness (QED) is 0.0165. The molecule has 0 unspecified atom stereocenters. The average Bonchev–Trinajstić information content (AvgIpc) is 1.81. The molecule has 12 heteroatoms. The van der Waals surface area contributed by atoms with Crippen molar-refractivity contribution in [3.8, 4) is 22.6 Å². The number of carbonyl (C=O) groups is 2. The van der Waals surface area contributed by atoms with Crippen molar-refractivity contribution < 1.29 is 37.4 Å². The molecule has 5 aromatic carbocycles. The van der Waals surface area contributed by atoms with Gasteiger partial charge in [-0.3, -0.25) is 9.59 Å². The monoisotopic (exact) mass is 1290 g/mol. The zero-order valence-electron chi connectivity index (χ0n) is 56.7. The van der Waals surface area contributed by atoms with Crippen molar-refractivity contribution in [2.45, 2.75) is 256 Å². The van der Waals surface area contributed by atoms with Crippen molar-refractivity contribution in [1.29, 1.82) is 0 Å². The Morgan fingerprint density at radius 2 is 0.730 bits per heavy atom. The third kappa shape index (κ3) is 20.5. The summed E-state index contributed by atoms with van der Waals surface area (Å²) < 4.78 is 39.8. The van der Waals surface area contributed by atoms with Gasteiger partial charge in [-0.25, -0.2) is 0 Å². The van der Waals surface area contributed by atoms with E-state index < -0.39 is 34.2 Å². The molecule has 89 heavy (non-hydrogen) atoms. The lowest BCUT2D eigenvalue weighted by Gasteiger charge is -2.42. The summed E-state index contributed by atoms with van der Waals surface area (Å²) in [7, 11) is -3.61. The molecular formula is C77H112Cl2O8Si2. The number of hydrogen-bond donors (Lipinski definition) is 0. The molecule has 0 aromatic heterocycles. The summed E-state index contributed by atoms with van der Waals surface area (Å²) in [5.74, 6) is 0.0806. The molecule has 0 N–H and O–H groups in total. The number of hydrogen-bond acceptors (Lipinski definition) is 8. The van der Waals surface area contributed by atoms with Gasteiger partial charge in [0, 0.05) is 51.9 Å². The number of ether oxygens (including phenoxy) is 4. The Morgan fingerprint density at radius 3 is 1.09 bits per heavy atom. The number of fused-ring (bicyclic) bond motifs is 3. The van der Waals surface area contributed by atoms with Crippen LogP contribution < -0.4 is 9.47 Å². The van der Waals surface area contributed by atoms with Crippen LogP contribution in [0, 0.1) is 0 Å². The van der Waals surface area contributed by atoms with Gasteiger partial charge < -0.3 is 27.8 Å². The molecule has 0 saturated heterocycles. The van der Waals surface area contributed by atoms with E-state index in [2.05, 4.69) is 107 Å². The van der Waals surface area contributed by atoms with Gasteiger partial charge in [0.1, 0.15) is 18.1 Å². The highest BCUT2D eigenvalue weighted by Gasteiger charge is 2.46. The molecule has 0 amide bonds. The highest BCUT2D eigenvalue weighted by atomic mass is 35.5. The third-order valence-electron chi connectivity index (χ3n) is 19.2. The minimum atomic E-state index is -1.81. The Morgan fingerprint density at radius 1 is 0.404 bits per heavy atom. The number of unbranched alkanes of at least 4 members (excludes halogenated alkanes) is 16. The summed E-state index contributed by atoms with van der Waals surface area (Å²) in [5, 5.41) is 1.07. The molecule has 0 saturated carbocycles. The Bertz CT molecular complexity index is 2660. The molecule has 1 aliphatic rings. The third-order valence-corrected chi connectivity index (χ3v) is 31.9. The smallest absolute Gasteiger partial charge is 0.307 e. The van der Waals surface area contributed by atoms with E-state index in [1.54, 1.807) is 24.3 Å². The Kier molecular flexibility index (Phi) is 30.9. The lowest BCUT2D eigenvalue weighted by molar-refractivity contribution is -0.157. The Hall–Kier alpha value is -4.43. The second-order valence-corrected chi connectivity index (χ2v) is 39.0. The number of benzene rings is 5. The van der Waals surface area contributed by atoms with E-state index >= 15 is 0 Å². The molecule has 0 heterocycles. The van der Waals surface area contributed by atoms with Gasteiger partial charge in [0.2, 0.25) is 0 Å². The fraction of sp³-hybridized carbons (Fsp3) is 0.584. The molecule has 0 atom stereocenters. The van der Waals surface area contributed by atoms with E-state index in [0.29, 0.717) is 84.7 Å².